The highest BCUT2D eigenvalue weighted by atomic mass is 16.3. The Hall–Kier alpha value is -2.86. The summed E-state index contributed by atoms with van der Waals surface area (Å²) in [6.07, 6.45) is 9.35. The second-order valence-corrected chi connectivity index (χ2v) is 7.24. The van der Waals surface area contributed by atoms with Crippen LogP contribution in [0.1, 0.15) is 36.6 Å². The molecule has 1 aliphatic rings. The van der Waals surface area contributed by atoms with Gasteiger partial charge in [0.2, 0.25) is 5.91 Å². The summed E-state index contributed by atoms with van der Waals surface area (Å²) in [4.78, 5) is 14.9. The molecule has 1 N–H and O–H groups in total. The molecule has 1 amide bonds. The lowest BCUT2D eigenvalue weighted by Gasteiger charge is -2.33. The van der Waals surface area contributed by atoms with Crippen LogP contribution in [0.25, 0.3) is 5.69 Å². The Bertz CT molecular complexity index is 867. The summed E-state index contributed by atoms with van der Waals surface area (Å²) in [5.74, 6) is 0.917. The van der Waals surface area contributed by atoms with Gasteiger partial charge in [-0.1, -0.05) is 24.6 Å². The minimum Gasteiger partial charge on any atom is -0.468 e. The molecular formula is C22H26N4O2. The van der Waals surface area contributed by atoms with E-state index in [2.05, 4.69) is 15.3 Å². The fraction of sp³-hybridized carbons (Fsp3) is 0.364. The van der Waals surface area contributed by atoms with Crippen LogP contribution < -0.4 is 5.32 Å². The van der Waals surface area contributed by atoms with Gasteiger partial charge in [0, 0.05) is 12.7 Å². The van der Waals surface area contributed by atoms with E-state index in [1.54, 1.807) is 17.1 Å². The Balaban J connectivity index is 1.35. The fourth-order valence-corrected chi connectivity index (χ4v) is 3.75. The van der Waals surface area contributed by atoms with E-state index in [4.69, 9.17) is 4.42 Å². The van der Waals surface area contributed by atoms with Crippen LogP contribution in [0.3, 0.4) is 0 Å². The second kappa shape index (κ2) is 8.89. The number of hydrogen-bond donors (Lipinski definition) is 1. The molecule has 28 heavy (non-hydrogen) atoms. The average molecular weight is 378 g/mol. The summed E-state index contributed by atoms with van der Waals surface area (Å²) >= 11 is 0. The molecule has 0 radical (unpaired) electrons. The van der Waals surface area contributed by atoms with Gasteiger partial charge in [0.05, 0.1) is 30.6 Å². The van der Waals surface area contributed by atoms with Gasteiger partial charge in [0.15, 0.2) is 0 Å². The quantitative estimate of drug-likeness (QED) is 0.685. The zero-order chi connectivity index (χ0) is 19.2. The van der Waals surface area contributed by atoms with Gasteiger partial charge >= 0.3 is 0 Å². The van der Waals surface area contributed by atoms with E-state index in [-0.39, 0.29) is 11.9 Å². The summed E-state index contributed by atoms with van der Waals surface area (Å²) in [5, 5.41) is 7.45. The molecule has 146 valence electrons. The summed E-state index contributed by atoms with van der Waals surface area (Å²) in [5.41, 5.74) is 1.88. The molecule has 2 aromatic heterocycles. The van der Waals surface area contributed by atoms with Gasteiger partial charge in [-0.2, -0.15) is 5.10 Å². The highest BCUT2D eigenvalue weighted by molar-refractivity contribution is 5.78. The number of nitrogens with one attached hydrogen (secondary N) is 1. The highest BCUT2D eigenvalue weighted by Gasteiger charge is 2.24. The first-order chi connectivity index (χ1) is 13.8. The zero-order valence-electron chi connectivity index (χ0n) is 16.0. The number of carbonyl (C=O) groups excluding carboxylic acids is 1. The largest absolute Gasteiger partial charge is 0.468 e. The number of hydrogen-bond acceptors (Lipinski definition) is 4. The molecule has 0 spiro atoms. The first kappa shape index (κ1) is 18.5. The van der Waals surface area contributed by atoms with Gasteiger partial charge in [-0.15, -0.1) is 0 Å². The van der Waals surface area contributed by atoms with E-state index in [1.165, 1.54) is 19.3 Å². The molecule has 1 atom stereocenters. The van der Waals surface area contributed by atoms with E-state index in [0.717, 1.165) is 30.1 Å². The number of benzene rings is 1. The number of piperidine rings is 1. The van der Waals surface area contributed by atoms with Crippen LogP contribution in [-0.4, -0.2) is 40.2 Å². The normalized spacial score (nSPS) is 16.0. The number of nitrogens with zero attached hydrogens (tertiary/aromatic N) is 3. The summed E-state index contributed by atoms with van der Waals surface area (Å²) in [7, 11) is 0. The van der Waals surface area contributed by atoms with Gasteiger partial charge in [0.25, 0.3) is 0 Å². The number of likely N-dealkylation sites (tertiary alicyclic amines) is 1. The molecule has 0 aliphatic carbocycles. The Kier molecular flexibility index (Phi) is 5.87. The molecule has 1 aromatic carbocycles. The van der Waals surface area contributed by atoms with Crippen molar-refractivity contribution in [2.75, 3.05) is 19.6 Å². The van der Waals surface area contributed by atoms with Crippen LogP contribution in [0.5, 0.6) is 0 Å². The molecule has 4 rings (SSSR count). The summed E-state index contributed by atoms with van der Waals surface area (Å²) in [6, 6.07) is 13.9. The zero-order valence-corrected chi connectivity index (χ0v) is 16.0. The Labute approximate surface area is 165 Å². The predicted octanol–water partition coefficient (Wildman–Crippen LogP) is 3.35. The first-order valence-corrected chi connectivity index (χ1v) is 9.93. The summed E-state index contributed by atoms with van der Waals surface area (Å²) in [6.45, 7) is 2.65. The van der Waals surface area contributed by atoms with Crippen LogP contribution in [0.4, 0.5) is 0 Å². The van der Waals surface area contributed by atoms with Crippen LogP contribution >= 0.6 is 0 Å². The Morgan fingerprint density at radius 1 is 1.11 bits per heavy atom. The third kappa shape index (κ3) is 4.51. The van der Waals surface area contributed by atoms with Gasteiger partial charge in [-0.25, -0.2) is 4.68 Å². The number of carbonyl (C=O) groups is 1. The standard InChI is InChI=1S/C22H26N4O2/c27-22(14-18-15-24-26(17-18)19-8-3-1-4-9-19)23-16-20(21-10-7-13-28-21)25-11-5-2-6-12-25/h1,3-4,7-10,13,15,17,20H,2,5-6,11-12,14,16H2,(H,23,27). The number of para-hydroxylation sites is 1. The molecule has 1 fully saturated rings. The molecule has 0 bridgehead atoms. The molecule has 1 saturated heterocycles. The third-order valence-corrected chi connectivity index (χ3v) is 5.22. The van der Waals surface area contributed by atoms with E-state index in [1.807, 2.05) is 48.7 Å². The lowest BCUT2D eigenvalue weighted by Crippen LogP contribution is -2.40. The van der Waals surface area contributed by atoms with Crippen LogP contribution in [-0.2, 0) is 11.2 Å². The molecule has 3 aromatic rings. The van der Waals surface area contributed by atoms with E-state index in [9.17, 15) is 4.79 Å². The van der Waals surface area contributed by atoms with Crippen LogP contribution in [0, 0.1) is 0 Å². The van der Waals surface area contributed by atoms with E-state index >= 15 is 0 Å². The highest BCUT2D eigenvalue weighted by Crippen LogP contribution is 2.24. The predicted molar refractivity (Wildman–Crippen MR) is 107 cm³/mol. The number of rotatable bonds is 7. The Morgan fingerprint density at radius 3 is 2.68 bits per heavy atom. The number of amides is 1. The van der Waals surface area contributed by atoms with Gasteiger partial charge in [0.1, 0.15) is 5.76 Å². The molecular weight excluding hydrogens is 352 g/mol. The van der Waals surface area contributed by atoms with Crippen molar-refractivity contribution >= 4 is 5.91 Å². The maximum Gasteiger partial charge on any atom is 0.224 e. The molecule has 6 heteroatoms. The second-order valence-electron chi connectivity index (χ2n) is 7.24. The first-order valence-electron chi connectivity index (χ1n) is 9.93. The average Bonchev–Trinajstić information content (AvgIpc) is 3.42. The van der Waals surface area contributed by atoms with E-state index < -0.39 is 0 Å². The Morgan fingerprint density at radius 2 is 1.93 bits per heavy atom. The molecule has 1 aliphatic heterocycles. The third-order valence-electron chi connectivity index (χ3n) is 5.22. The van der Waals surface area contributed by atoms with Crippen molar-refractivity contribution in [1.82, 2.24) is 20.0 Å². The maximum atomic E-state index is 12.5. The minimum atomic E-state index is 0.00109. The topological polar surface area (TPSA) is 63.3 Å². The fourth-order valence-electron chi connectivity index (χ4n) is 3.75. The van der Waals surface area contributed by atoms with Crippen molar-refractivity contribution in [1.29, 1.82) is 0 Å². The molecule has 3 heterocycles. The maximum absolute atomic E-state index is 12.5. The summed E-state index contributed by atoms with van der Waals surface area (Å²) < 4.78 is 7.44. The van der Waals surface area contributed by atoms with Crippen LogP contribution in [0.2, 0.25) is 0 Å². The van der Waals surface area contributed by atoms with E-state index in [0.29, 0.717) is 13.0 Å². The van der Waals surface area contributed by atoms with Gasteiger partial charge in [-0.3, -0.25) is 9.69 Å². The van der Waals surface area contributed by atoms with Crippen molar-refractivity contribution in [3.05, 3.63) is 72.4 Å². The van der Waals surface area contributed by atoms with Crippen molar-refractivity contribution in [2.45, 2.75) is 31.7 Å². The molecule has 6 nitrogen and oxygen atoms in total. The monoisotopic (exact) mass is 378 g/mol. The number of furan rings is 1. The van der Waals surface area contributed by atoms with Crippen LogP contribution in [0.15, 0.2) is 65.5 Å². The lowest BCUT2D eigenvalue weighted by molar-refractivity contribution is -0.120. The molecule has 0 saturated carbocycles. The van der Waals surface area contributed by atoms with Crippen molar-refractivity contribution in [3.63, 3.8) is 0 Å². The lowest BCUT2D eigenvalue weighted by atomic mass is 10.1. The van der Waals surface area contributed by atoms with Gasteiger partial charge in [-0.05, 0) is 55.8 Å². The number of aromatic nitrogens is 2. The van der Waals surface area contributed by atoms with Gasteiger partial charge < -0.3 is 9.73 Å². The SMILES string of the molecule is O=C(Cc1cnn(-c2ccccc2)c1)NCC(c1ccco1)N1CCCCC1. The molecule has 1 unspecified atom stereocenters. The van der Waals surface area contributed by atoms with Crippen molar-refractivity contribution in [2.24, 2.45) is 0 Å². The minimum absolute atomic E-state index is 0.00109. The van der Waals surface area contributed by atoms with Crippen molar-refractivity contribution in [3.8, 4) is 5.69 Å². The van der Waals surface area contributed by atoms with Crippen molar-refractivity contribution < 1.29 is 9.21 Å². The smallest absolute Gasteiger partial charge is 0.224 e.